The van der Waals surface area contributed by atoms with Crippen molar-refractivity contribution in [3.63, 3.8) is 0 Å². The van der Waals surface area contributed by atoms with Crippen LogP contribution in [0, 0.1) is 0 Å². The lowest BCUT2D eigenvalue weighted by Gasteiger charge is -2.22. The van der Waals surface area contributed by atoms with Crippen LogP contribution in [-0.2, 0) is 6.54 Å². The van der Waals surface area contributed by atoms with Crippen molar-refractivity contribution in [3.8, 4) is 0 Å². The average Bonchev–Trinajstić information content (AvgIpc) is 3.64. The fraction of sp³-hybridized carbons (Fsp3) is 0.304. The smallest absolute Gasteiger partial charge is 0.270 e. The summed E-state index contributed by atoms with van der Waals surface area (Å²) in [5, 5.41) is 4.05. The van der Waals surface area contributed by atoms with Crippen molar-refractivity contribution in [3.05, 3.63) is 71.4 Å². The highest BCUT2D eigenvalue weighted by atomic mass is 16.2. The van der Waals surface area contributed by atoms with Gasteiger partial charge in [0, 0.05) is 35.1 Å². The van der Waals surface area contributed by atoms with Gasteiger partial charge in [-0.05, 0) is 55.5 Å². The molecular formula is C23H23N3O2. The van der Waals surface area contributed by atoms with Crippen LogP contribution in [0.1, 0.15) is 52.1 Å². The first-order valence-corrected chi connectivity index (χ1v) is 9.96. The number of aromatic nitrogens is 1. The van der Waals surface area contributed by atoms with Gasteiger partial charge in [-0.1, -0.05) is 30.3 Å². The third-order valence-corrected chi connectivity index (χ3v) is 5.49. The predicted octanol–water partition coefficient (Wildman–Crippen LogP) is 3.86. The van der Waals surface area contributed by atoms with E-state index in [1.54, 1.807) is 0 Å². The van der Waals surface area contributed by atoms with Crippen molar-refractivity contribution in [2.24, 2.45) is 0 Å². The Morgan fingerprint density at radius 1 is 1.00 bits per heavy atom. The van der Waals surface area contributed by atoms with Crippen molar-refractivity contribution >= 4 is 22.7 Å². The van der Waals surface area contributed by atoms with Crippen molar-refractivity contribution < 1.29 is 9.59 Å². The Hall–Kier alpha value is -3.08. The summed E-state index contributed by atoms with van der Waals surface area (Å²) in [7, 11) is 0. The van der Waals surface area contributed by atoms with E-state index in [0.29, 0.717) is 29.9 Å². The molecule has 5 heteroatoms. The summed E-state index contributed by atoms with van der Waals surface area (Å²) in [5.74, 6) is 0.0245. The summed E-state index contributed by atoms with van der Waals surface area (Å²) in [4.78, 5) is 30.5. The summed E-state index contributed by atoms with van der Waals surface area (Å²) in [6.45, 7) is 0.559. The fourth-order valence-corrected chi connectivity index (χ4v) is 3.55. The number of rotatable bonds is 6. The molecule has 2 aliphatic rings. The fourth-order valence-electron chi connectivity index (χ4n) is 3.55. The van der Waals surface area contributed by atoms with Gasteiger partial charge in [-0.15, -0.1) is 0 Å². The minimum atomic E-state index is -0.0118. The van der Waals surface area contributed by atoms with Crippen LogP contribution >= 0.6 is 0 Å². The Balaban J connectivity index is 1.32. The van der Waals surface area contributed by atoms with E-state index in [-0.39, 0.29) is 11.8 Å². The van der Waals surface area contributed by atoms with Gasteiger partial charge in [-0.2, -0.15) is 0 Å². The van der Waals surface area contributed by atoms with Gasteiger partial charge < -0.3 is 15.2 Å². The van der Waals surface area contributed by atoms with Crippen molar-refractivity contribution in [1.29, 1.82) is 0 Å². The third-order valence-electron chi connectivity index (χ3n) is 5.49. The lowest BCUT2D eigenvalue weighted by molar-refractivity contribution is 0.0724. The molecule has 28 heavy (non-hydrogen) atoms. The van der Waals surface area contributed by atoms with Crippen LogP contribution < -0.4 is 5.32 Å². The molecule has 142 valence electrons. The number of carbonyl (C=O) groups excluding carboxylic acids is 2. The van der Waals surface area contributed by atoms with Gasteiger partial charge in [-0.25, -0.2) is 0 Å². The van der Waals surface area contributed by atoms with Crippen molar-refractivity contribution in [1.82, 2.24) is 15.2 Å². The van der Waals surface area contributed by atoms with E-state index in [0.717, 1.165) is 42.1 Å². The quantitative estimate of drug-likeness (QED) is 0.689. The van der Waals surface area contributed by atoms with Crippen LogP contribution in [0.5, 0.6) is 0 Å². The molecule has 2 aromatic carbocycles. The zero-order valence-corrected chi connectivity index (χ0v) is 15.7. The molecule has 3 aromatic rings. The van der Waals surface area contributed by atoms with Crippen LogP contribution in [0.25, 0.3) is 10.9 Å². The molecule has 2 fully saturated rings. The molecule has 0 saturated heterocycles. The van der Waals surface area contributed by atoms with E-state index in [1.807, 2.05) is 59.5 Å². The Labute approximate surface area is 163 Å². The average molecular weight is 373 g/mol. The van der Waals surface area contributed by atoms with Gasteiger partial charge >= 0.3 is 0 Å². The first-order chi connectivity index (χ1) is 13.7. The van der Waals surface area contributed by atoms with Crippen molar-refractivity contribution in [2.45, 2.75) is 44.3 Å². The van der Waals surface area contributed by atoms with Gasteiger partial charge in [0.15, 0.2) is 0 Å². The molecule has 0 radical (unpaired) electrons. The monoisotopic (exact) mass is 373 g/mol. The highest BCUT2D eigenvalue weighted by Crippen LogP contribution is 2.30. The Morgan fingerprint density at radius 2 is 1.75 bits per heavy atom. The molecule has 5 rings (SSSR count). The molecule has 2 aliphatic carbocycles. The van der Waals surface area contributed by atoms with Gasteiger partial charge in [0.2, 0.25) is 0 Å². The maximum atomic E-state index is 13.1. The number of fused-ring (bicyclic) bond motifs is 1. The minimum absolute atomic E-state index is 0.0118. The predicted molar refractivity (Wildman–Crippen MR) is 108 cm³/mol. The second-order valence-electron chi connectivity index (χ2n) is 7.88. The number of H-pyrrole nitrogens is 1. The zero-order valence-electron chi connectivity index (χ0n) is 15.7. The number of nitrogens with zero attached hydrogens (tertiary/aromatic N) is 1. The second-order valence-corrected chi connectivity index (χ2v) is 7.88. The van der Waals surface area contributed by atoms with Crippen LogP contribution in [0.15, 0.2) is 54.6 Å². The normalized spacial score (nSPS) is 16.1. The molecule has 1 aromatic heterocycles. The summed E-state index contributed by atoms with van der Waals surface area (Å²) >= 11 is 0. The third kappa shape index (κ3) is 3.52. The van der Waals surface area contributed by atoms with Gasteiger partial charge in [0.05, 0.1) is 0 Å². The molecule has 2 N–H and O–H groups in total. The van der Waals surface area contributed by atoms with Gasteiger partial charge in [0.1, 0.15) is 5.69 Å². The number of aromatic amines is 1. The van der Waals surface area contributed by atoms with E-state index in [4.69, 9.17) is 0 Å². The highest BCUT2D eigenvalue weighted by Gasteiger charge is 2.33. The molecule has 2 saturated carbocycles. The number of amides is 2. The molecule has 2 amide bonds. The second kappa shape index (κ2) is 6.82. The lowest BCUT2D eigenvalue weighted by atomic mass is 10.1. The number of para-hydroxylation sites is 1. The SMILES string of the molecule is O=C(NC1CC1)c1ccc(CN(C(=O)c2cc3ccccc3[nH]2)C2CC2)cc1. The Bertz CT molecular complexity index is 996. The number of carbonyl (C=O) groups is 2. The Kier molecular flexibility index (Phi) is 4.15. The summed E-state index contributed by atoms with van der Waals surface area (Å²) in [6.07, 6.45) is 4.26. The number of hydrogen-bond acceptors (Lipinski definition) is 2. The minimum Gasteiger partial charge on any atom is -0.351 e. The van der Waals surface area contributed by atoms with E-state index >= 15 is 0 Å². The van der Waals surface area contributed by atoms with E-state index in [9.17, 15) is 9.59 Å². The molecule has 0 bridgehead atoms. The lowest BCUT2D eigenvalue weighted by Crippen LogP contribution is -2.32. The van der Waals surface area contributed by atoms with Gasteiger partial charge in [0.25, 0.3) is 11.8 Å². The van der Waals surface area contributed by atoms with E-state index in [1.165, 1.54) is 0 Å². The maximum Gasteiger partial charge on any atom is 0.270 e. The van der Waals surface area contributed by atoms with Crippen LogP contribution in [0.2, 0.25) is 0 Å². The van der Waals surface area contributed by atoms with Crippen LogP contribution in [0.4, 0.5) is 0 Å². The van der Waals surface area contributed by atoms with E-state index in [2.05, 4.69) is 10.3 Å². The summed E-state index contributed by atoms with van der Waals surface area (Å²) < 4.78 is 0. The van der Waals surface area contributed by atoms with Gasteiger partial charge in [-0.3, -0.25) is 9.59 Å². The molecule has 0 spiro atoms. The first-order valence-electron chi connectivity index (χ1n) is 9.96. The maximum absolute atomic E-state index is 13.1. The molecule has 5 nitrogen and oxygen atoms in total. The molecule has 1 heterocycles. The molecular weight excluding hydrogens is 350 g/mol. The molecule has 0 aliphatic heterocycles. The highest BCUT2D eigenvalue weighted by molar-refractivity contribution is 5.98. The zero-order chi connectivity index (χ0) is 19.1. The number of hydrogen-bond donors (Lipinski definition) is 2. The Morgan fingerprint density at radius 3 is 2.43 bits per heavy atom. The standard InChI is InChI=1S/C23H23N3O2/c27-22(24-18-9-10-18)16-7-5-15(6-8-16)14-26(19-11-12-19)23(28)21-13-17-3-1-2-4-20(17)25-21/h1-8,13,18-19,25H,9-12,14H2,(H,24,27). The summed E-state index contributed by atoms with van der Waals surface area (Å²) in [5.41, 5.74) is 3.33. The number of nitrogens with one attached hydrogen (secondary N) is 2. The number of benzene rings is 2. The van der Waals surface area contributed by atoms with Crippen molar-refractivity contribution in [2.75, 3.05) is 0 Å². The van der Waals surface area contributed by atoms with Crippen LogP contribution in [-0.4, -0.2) is 33.8 Å². The first kappa shape index (κ1) is 17.0. The van der Waals surface area contributed by atoms with E-state index < -0.39 is 0 Å². The molecule has 0 unspecified atom stereocenters. The molecule has 0 atom stereocenters. The summed E-state index contributed by atoms with van der Waals surface area (Å²) in [6, 6.07) is 18.1. The largest absolute Gasteiger partial charge is 0.351 e. The van der Waals surface area contributed by atoms with Crippen LogP contribution in [0.3, 0.4) is 0 Å². The topological polar surface area (TPSA) is 65.2 Å².